The molecule has 1 atom stereocenters. The minimum atomic E-state index is -0.645. The second-order valence-corrected chi connectivity index (χ2v) is 9.49. The maximum Gasteiger partial charge on any atom is 0.280 e. The van der Waals surface area contributed by atoms with Crippen LogP contribution in [0.2, 0.25) is 0 Å². The fourth-order valence-electron chi connectivity index (χ4n) is 4.94. The van der Waals surface area contributed by atoms with Crippen LogP contribution in [-0.2, 0) is 10.3 Å². The highest BCUT2D eigenvalue weighted by atomic mass is 19.1. The van der Waals surface area contributed by atoms with E-state index in [2.05, 4.69) is 16.8 Å². The van der Waals surface area contributed by atoms with Crippen molar-refractivity contribution in [3.8, 4) is 11.4 Å². The van der Waals surface area contributed by atoms with Crippen LogP contribution < -0.4 is 4.74 Å². The molecule has 1 fully saturated rings. The van der Waals surface area contributed by atoms with Crippen LogP contribution in [0, 0.1) is 12.7 Å². The molecule has 2 aromatic carbocycles. The summed E-state index contributed by atoms with van der Waals surface area (Å²) in [5.74, 6) is 0.864. The molecule has 0 radical (unpaired) electrons. The van der Waals surface area contributed by atoms with Crippen molar-refractivity contribution in [2.75, 3.05) is 20.2 Å². The zero-order valence-electron chi connectivity index (χ0n) is 21.0. The maximum absolute atomic E-state index is 13.7. The standard InChI is InChI=1S/C28H30FN5O2/c1-5-6-13-32-17-28(3,21-8-10-22(29)11-9-21)34-26(35)23(31-27(32)34)14-20-7-12-24(25(15-20)36-4)33-16-19(2)30-18-33/h7-12,14-16,18H,5-6,13,17H2,1-4H3/b23-14-. The van der Waals surface area contributed by atoms with Crippen LogP contribution in [0.15, 0.2) is 65.7 Å². The quantitative estimate of drug-likeness (QED) is 0.445. The van der Waals surface area contributed by atoms with Gasteiger partial charge >= 0.3 is 0 Å². The molecular formula is C28H30FN5O2. The molecule has 1 amide bonds. The summed E-state index contributed by atoms with van der Waals surface area (Å²) in [6, 6.07) is 12.2. The minimum Gasteiger partial charge on any atom is -0.495 e. The molecular weight excluding hydrogens is 457 g/mol. The van der Waals surface area contributed by atoms with E-state index in [4.69, 9.17) is 9.73 Å². The Balaban J connectivity index is 1.52. The third kappa shape index (κ3) is 4.06. The summed E-state index contributed by atoms with van der Waals surface area (Å²) in [5.41, 5.74) is 3.19. The molecule has 36 heavy (non-hydrogen) atoms. The Kier molecular flexibility index (Phi) is 6.12. The molecule has 0 saturated carbocycles. The van der Waals surface area contributed by atoms with E-state index in [1.54, 1.807) is 36.5 Å². The molecule has 2 aliphatic heterocycles. The number of benzene rings is 2. The number of ether oxygens (including phenoxy) is 1. The monoisotopic (exact) mass is 487 g/mol. The van der Waals surface area contributed by atoms with E-state index in [-0.39, 0.29) is 11.7 Å². The summed E-state index contributed by atoms with van der Waals surface area (Å²) >= 11 is 0. The van der Waals surface area contributed by atoms with Gasteiger partial charge < -0.3 is 14.2 Å². The lowest BCUT2D eigenvalue weighted by Gasteiger charge is -2.31. The first-order valence-electron chi connectivity index (χ1n) is 12.2. The van der Waals surface area contributed by atoms with Gasteiger partial charge in [0.05, 0.1) is 30.4 Å². The molecule has 186 valence electrons. The van der Waals surface area contributed by atoms with Gasteiger partial charge in [0.15, 0.2) is 0 Å². The van der Waals surface area contributed by atoms with Gasteiger partial charge in [-0.1, -0.05) is 31.5 Å². The molecule has 7 nitrogen and oxygen atoms in total. The van der Waals surface area contributed by atoms with Crippen LogP contribution in [0.1, 0.15) is 43.5 Å². The number of aliphatic imine (C=N–C) groups is 1. The van der Waals surface area contributed by atoms with Crippen molar-refractivity contribution in [2.45, 2.75) is 39.2 Å². The summed E-state index contributed by atoms with van der Waals surface area (Å²) in [6.45, 7) is 7.51. The number of methoxy groups -OCH3 is 1. The number of carbonyl (C=O) groups excluding carboxylic acids is 1. The topological polar surface area (TPSA) is 63.0 Å². The minimum absolute atomic E-state index is 0.163. The Morgan fingerprint density at radius 1 is 1.19 bits per heavy atom. The number of guanidine groups is 1. The number of unbranched alkanes of at least 4 members (excludes halogenated alkanes) is 1. The van der Waals surface area contributed by atoms with Crippen LogP contribution in [-0.4, -0.2) is 51.4 Å². The third-order valence-corrected chi connectivity index (χ3v) is 6.86. The molecule has 8 heteroatoms. The van der Waals surface area contributed by atoms with Gasteiger partial charge in [-0.3, -0.25) is 9.69 Å². The fourth-order valence-corrected chi connectivity index (χ4v) is 4.94. The lowest BCUT2D eigenvalue weighted by Crippen LogP contribution is -2.44. The molecule has 2 aliphatic rings. The van der Waals surface area contributed by atoms with Crippen LogP contribution in [0.5, 0.6) is 5.75 Å². The number of aryl methyl sites for hydroxylation is 1. The van der Waals surface area contributed by atoms with Gasteiger partial charge in [-0.05, 0) is 61.7 Å². The zero-order valence-corrected chi connectivity index (χ0v) is 21.0. The Bertz CT molecular complexity index is 1360. The summed E-state index contributed by atoms with van der Waals surface area (Å²) in [4.78, 5) is 26.7. The van der Waals surface area contributed by atoms with E-state index in [1.165, 1.54) is 12.1 Å². The van der Waals surface area contributed by atoms with Crippen molar-refractivity contribution in [2.24, 2.45) is 4.99 Å². The van der Waals surface area contributed by atoms with E-state index in [0.717, 1.165) is 41.9 Å². The lowest BCUT2D eigenvalue weighted by atomic mass is 9.91. The lowest BCUT2D eigenvalue weighted by molar-refractivity contribution is -0.125. The third-order valence-electron chi connectivity index (χ3n) is 6.86. The van der Waals surface area contributed by atoms with Crippen molar-refractivity contribution in [3.05, 3.63) is 83.3 Å². The van der Waals surface area contributed by atoms with Crippen molar-refractivity contribution in [3.63, 3.8) is 0 Å². The Morgan fingerprint density at radius 3 is 2.64 bits per heavy atom. The maximum atomic E-state index is 13.7. The Morgan fingerprint density at radius 2 is 1.97 bits per heavy atom. The molecule has 3 heterocycles. The highest BCUT2D eigenvalue weighted by Gasteiger charge is 2.52. The number of amides is 1. The van der Waals surface area contributed by atoms with E-state index in [1.807, 2.05) is 42.8 Å². The first kappa shape index (κ1) is 23.8. The highest BCUT2D eigenvalue weighted by molar-refractivity contribution is 6.15. The van der Waals surface area contributed by atoms with Crippen LogP contribution in [0.3, 0.4) is 0 Å². The van der Waals surface area contributed by atoms with E-state index < -0.39 is 5.54 Å². The van der Waals surface area contributed by atoms with Gasteiger partial charge in [0, 0.05) is 19.3 Å². The summed E-state index contributed by atoms with van der Waals surface area (Å²) in [6.07, 6.45) is 7.50. The second kappa shape index (κ2) is 9.26. The van der Waals surface area contributed by atoms with Crippen molar-refractivity contribution in [1.29, 1.82) is 0 Å². The number of carbonyl (C=O) groups is 1. The van der Waals surface area contributed by atoms with E-state index in [0.29, 0.717) is 24.0 Å². The Hall–Kier alpha value is -3.94. The van der Waals surface area contributed by atoms with E-state index in [9.17, 15) is 9.18 Å². The van der Waals surface area contributed by atoms with Crippen LogP contribution in [0.25, 0.3) is 11.8 Å². The average Bonchev–Trinajstić information content (AvgIpc) is 3.53. The summed E-state index contributed by atoms with van der Waals surface area (Å²) in [5, 5.41) is 0. The smallest absolute Gasteiger partial charge is 0.280 e. The number of nitrogens with zero attached hydrogens (tertiary/aromatic N) is 5. The number of halogens is 1. The molecule has 0 spiro atoms. The second-order valence-electron chi connectivity index (χ2n) is 9.49. The number of hydrogen-bond donors (Lipinski definition) is 0. The Labute approximate surface area is 210 Å². The SMILES string of the molecule is CCCCN1CC(C)(c2ccc(F)cc2)N2C(=O)/C(=C/c3ccc(-n4cnc(C)c4)c(OC)c3)N=C12. The molecule has 0 N–H and O–H groups in total. The van der Waals surface area contributed by atoms with Gasteiger partial charge in [-0.25, -0.2) is 14.4 Å². The predicted molar refractivity (Wildman–Crippen MR) is 137 cm³/mol. The number of hydrogen-bond acceptors (Lipinski definition) is 5. The van der Waals surface area contributed by atoms with Gasteiger partial charge in [-0.2, -0.15) is 0 Å². The van der Waals surface area contributed by atoms with Gasteiger partial charge in [0.2, 0.25) is 5.96 Å². The van der Waals surface area contributed by atoms with E-state index >= 15 is 0 Å². The average molecular weight is 488 g/mol. The summed E-state index contributed by atoms with van der Waals surface area (Å²) in [7, 11) is 1.62. The fraction of sp³-hybridized carbons (Fsp3) is 0.321. The number of fused-ring (bicyclic) bond motifs is 1. The first-order valence-corrected chi connectivity index (χ1v) is 12.2. The first-order chi connectivity index (χ1) is 17.3. The van der Waals surface area contributed by atoms with Gasteiger partial charge in [-0.15, -0.1) is 0 Å². The molecule has 3 aromatic rings. The van der Waals surface area contributed by atoms with Gasteiger partial charge in [0.25, 0.3) is 5.91 Å². The van der Waals surface area contributed by atoms with Gasteiger partial charge in [0.1, 0.15) is 17.3 Å². The normalized spacial score (nSPS) is 20.3. The summed E-state index contributed by atoms with van der Waals surface area (Å²) < 4.78 is 21.2. The molecule has 1 unspecified atom stereocenters. The number of rotatable bonds is 7. The van der Waals surface area contributed by atoms with Crippen LogP contribution in [0.4, 0.5) is 4.39 Å². The molecule has 5 rings (SSSR count). The molecule has 1 saturated heterocycles. The van der Waals surface area contributed by atoms with Crippen molar-refractivity contribution >= 4 is 17.9 Å². The predicted octanol–water partition coefficient (Wildman–Crippen LogP) is 4.90. The van der Waals surface area contributed by atoms with Crippen molar-refractivity contribution in [1.82, 2.24) is 19.4 Å². The zero-order chi connectivity index (χ0) is 25.4. The number of imidazole rings is 1. The molecule has 0 bridgehead atoms. The van der Waals surface area contributed by atoms with Crippen LogP contribution >= 0.6 is 0 Å². The molecule has 0 aliphatic carbocycles. The van der Waals surface area contributed by atoms with Crippen molar-refractivity contribution < 1.29 is 13.9 Å². The highest BCUT2D eigenvalue weighted by Crippen LogP contribution is 2.41. The molecule has 1 aromatic heterocycles. The largest absolute Gasteiger partial charge is 0.495 e. The number of aromatic nitrogens is 2.